The van der Waals surface area contributed by atoms with Crippen molar-refractivity contribution in [2.24, 2.45) is 5.92 Å². The van der Waals surface area contributed by atoms with Crippen LogP contribution in [0.2, 0.25) is 0 Å². The molecule has 2 atom stereocenters. The molecule has 3 aliphatic rings. The lowest BCUT2D eigenvalue weighted by atomic mass is 9.83. The number of H-pyrrole nitrogens is 1. The molecule has 2 N–H and O–H groups in total. The minimum atomic E-state index is -0.544. The van der Waals surface area contributed by atoms with Crippen molar-refractivity contribution >= 4 is 22.7 Å². The number of hydrogen-bond acceptors (Lipinski definition) is 4. The molecule has 0 amide bonds. The summed E-state index contributed by atoms with van der Waals surface area (Å²) in [5, 5.41) is 3.40. The zero-order chi connectivity index (χ0) is 23.7. The number of imidazole rings is 1. The largest absolute Gasteiger partial charge is 0.454 e. The Bertz CT molecular complexity index is 1260. The van der Waals surface area contributed by atoms with Crippen LogP contribution in [0.3, 0.4) is 0 Å². The first-order valence-corrected chi connectivity index (χ1v) is 12.5. The van der Waals surface area contributed by atoms with Crippen molar-refractivity contribution in [2.45, 2.75) is 31.5 Å². The number of carbonyl (C=O) groups is 1. The summed E-state index contributed by atoms with van der Waals surface area (Å²) in [6.07, 6.45) is 2.10. The van der Waals surface area contributed by atoms with E-state index in [9.17, 15) is 4.79 Å². The molecule has 1 aromatic heterocycles. The third-order valence-electron chi connectivity index (χ3n) is 7.69. The minimum Gasteiger partial charge on any atom is -0.454 e. The summed E-state index contributed by atoms with van der Waals surface area (Å²) in [4.78, 5) is 21.9. The molecule has 0 aliphatic carbocycles. The van der Waals surface area contributed by atoms with Crippen LogP contribution in [0.5, 0.6) is 0 Å². The molecule has 178 valence electrons. The number of aromatic amines is 1. The van der Waals surface area contributed by atoms with E-state index < -0.39 is 6.04 Å². The number of esters is 1. The Morgan fingerprint density at radius 3 is 2.40 bits per heavy atom. The summed E-state index contributed by atoms with van der Waals surface area (Å²) >= 11 is 0. The lowest BCUT2D eigenvalue weighted by Gasteiger charge is -2.51. The van der Waals surface area contributed by atoms with E-state index in [1.54, 1.807) is 0 Å². The van der Waals surface area contributed by atoms with Crippen LogP contribution in [-0.2, 0) is 16.1 Å². The van der Waals surface area contributed by atoms with E-state index in [0.29, 0.717) is 5.92 Å². The Balaban J connectivity index is 1.20. The van der Waals surface area contributed by atoms with Gasteiger partial charge in [0.05, 0.1) is 24.1 Å². The van der Waals surface area contributed by atoms with E-state index >= 15 is 0 Å². The van der Waals surface area contributed by atoms with Gasteiger partial charge in [-0.25, -0.2) is 9.78 Å². The monoisotopic (exact) mass is 467 g/mol. The van der Waals surface area contributed by atoms with Crippen LogP contribution in [0.25, 0.3) is 11.0 Å². The molecule has 0 radical (unpaired) electrons. The highest BCUT2D eigenvalue weighted by Gasteiger charge is 2.48. The zero-order valence-electron chi connectivity index (χ0n) is 19.8. The predicted octanol–water partition coefficient (Wildman–Crippen LogP) is 5.07. The van der Waals surface area contributed by atoms with Crippen LogP contribution in [0.1, 0.15) is 30.3 Å². The van der Waals surface area contributed by atoms with Crippen molar-refractivity contribution in [3.05, 3.63) is 96.3 Å². The van der Waals surface area contributed by atoms with Gasteiger partial charge in [0.15, 0.2) is 18.0 Å². The fourth-order valence-electron chi connectivity index (χ4n) is 5.82. The number of carbonyl (C=O) groups excluding carboxylic acids is 1. The smallest absolute Gasteiger partial charge is 0.333 e. The first-order chi connectivity index (χ1) is 17.2. The number of piperidine rings is 3. The standard InChI is InChI=1S/C29H31N4O2/c34-29(28(22-9-3-1-4-10-22)30-23-11-5-2-6-12-23)35-26-19-33(17-15-21(26)16-18-33)20-27-31-24-13-7-8-14-25(24)32-27/h1-14,21,26,28,30H,15-20H2,(H,31,32)/q+1/t21?,26-,28+,33?/m0/s1. The number of anilines is 1. The molecule has 0 saturated carbocycles. The Kier molecular flexibility index (Phi) is 5.74. The Hall–Kier alpha value is -3.64. The number of hydrogen-bond donors (Lipinski definition) is 2. The Labute approximate surface area is 205 Å². The predicted molar refractivity (Wildman–Crippen MR) is 137 cm³/mol. The maximum Gasteiger partial charge on any atom is 0.333 e. The number of benzene rings is 3. The zero-order valence-corrected chi connectivity index (χ0v) is 19.8. The lowest BCUT2D eigenvalue weighted by molar-refractivity contribution is -0.958. The highest BCUT2D eigenvalue weighted by molar-refractivity contribution is 5.81. The molecule has 6 nitrogen and oxygen atoms in total. The van der Waals surface area contributed by atoms with E-state index in [1.807, 2.05) is 78.9 Å². The first kappa shape index (κ1) is 21.9. The fourth-order valence-corrected chi connectivity index (χ4v) is 5.82. The molecule has 3 fully saturated rings. The summed E-state index contributed by atoms with van der Waals surface area (Å²) in [5.74, 6) is 1.24. The summed E-state index contributed by atoms with van der Waals surface area (Å²) in [7, 11) is 0. The SMILES string of the molecule is O=C(O[C@H]1C[N+]2(Cc3nc4ccccc4[nH]3)CCC1CC2)[C@H](Nc1ccccc1)c1ccccc1. The summed E-state index contributed by atoms with van der Waals surface area (Å²) in [6.45, 7) is 3.92. The number of fused-ring (bicyclic) bond motifs is 4. The number of rotatable bonds is 7. The van der Waals surface area contributed by atoms with Gasteiger partial charge in [-0.15, -0.1) is 0 Å². The summed E-state index contributed by atoms with van der Waals surface area (Å²) < 4.78 is 7.22. The van der Waals surface area contributed by atoms with Crippen LogP contribution >= 0.6 is 0 Å². The average Bonchev–Trinajstić information content (AvgIpc) is 3.30. The Morgan fingerprint density at radius 2 is 1.66 bits per heavy atom. The second kappa shape index (κ2) is 9.19. The highest BCUT2D eigenvalue weighted by Crippen LogP contribution is 2.37. The first-order valence-electron chi connectivity index (χ1n) is 12.5. The van der Waals surface area contributed by atoms with Gasteiger partial charge in [-0.2, -0.15) is 0 Å². The molecular weight excluding hydrogens is 436 g/mol. The summed E-state index contributed by atoms with van der Waals surface area (Å²) in [5.41, 5.74) is 3.90. The normalized spacial score (nSPS) is 24.2. The second-order valence-electron chi connectivity index (χ2n) is 10.00. The topological polar surface area (TPSA) is 67.0 Å². The second-order valence-corrected chi connectivity index (χ2v) is 10.00. The maximum absolute atomic E-state index is 13.6. The van der Waals surface area contributed by atoms with Crippen LogP contribution < -0.4 is 5.32 Å². The molecule has 7 rings (SSSR count). The van der Waals surface area contributed by atoms with Crippen LogP contribution in [0, 0.1) is 5.92 Å². The number of aromatic nitrogens is 2. The quantitative estimate of drug-likeness (QED) is 0.294. The van der Waals surface area contributed by atoms with E-state index in [1.165, 1.54) is 0 Å². The van der Waals surface area contributed by atoms with Crippen molar-refractivity contribution in [1.29, 1.82) is 0 Å². The molecule has 3 aliphatic heterocycles. The maximum atomic E-state index is 13.6. The van der Waals surface area contributed by atoms with Gasteiger partial charge >= 0.3 is 5.97 Å². The molecule has 4 aromatic rings. The van der Waals surface area contributed by atoms with E-state index in [0.717, 1.165) is 71.6 Å². The van der Waals surface area contributed by atoms with E-state index in [2.05, 4.69) is 16.4 Å². The van der Waals surface area contributed by atoms with Gasteiger partial charge in [-0.3, -0.25) is 0 Å². The van der Waals surface area contributed by atoms with Crippen LogP contribution in [0.15, 0.2) is 84.9 Å². The van der Waals surface area contributed by atoms with Crippen LogP contribution in [-0.4, -0.2) is 46.2 Å². The van der Waals surface area contributed by atoms with Crippen LogP contribution in [0.4, 0.5) is 5.69 Å². The number of ether oxygens (including phenoxy) is 1. The number of quaternary nitrogens is 1. The van der Waals surface area contributed by atoms with Gasteiger partial charge in [0, 0.05) is 24.4 Å². The number of para-hydroxylation sites is 3. The molecular formula is C29H31N4O2+. The average molecular weight is 468 g/mol. The van der Waals surface area contributed by atoms with Gasteiger partial charge in [-0.1, -0.05) is 60.7 Å². The van der Waals surface area contributed by atoms with Crippen molar-refractivity contribution in [1.82, 2.24) is 9.97 Å². The molecule has 2 bridgehead atoms. The highest BCUT2D eigenvalue weighted by atomic mass is 16.5. The van der Waals surface area contributed by atoms with Crippen molar-refractivity contribution < 1.29 is 14.0 Å². The minimum absolute atomic E-state index is 0.0711. The lowest BCUT2D eigenvalue weighted by Crippen LogP contribution is -2.64. The van der Waals surface area contributed by atoms with Gasteiger partial charge in [-0.05, 0) is 29.8 Å². The van der Waals surface area contributed by atoms with Gasteiger partial charge in [0.25, 0.3) is 0 Å². The summed E-state index contributed by atoms with van der Waals surface area (Å²) in [6, 6.07) is 27.3. The van der Waals surface area contributed by atoms with Crippen molar-refractivity contribution in [2.75, 3.05) is 25.0 Å². The third kappa shape index (κ3) is 4.54. The molecule has 0 unspecified atom stereocenters. The molecule has 6 heteroatoms. The van der Waals surface area contributed by atoms with Crippen molar-refractivity contribution in [3.8, 4) is 0 Å². The molecule has 3 saturated heterocycles. The van der Waals surface area contributed by atoms with Crippen molar-refractivity contribution in [3.63, 3.8) is 0 Å². The molecule has 35 heavy (non-hydrogen) atoms. The van der Waals surface area contributed by atoms with Gasteiger partial charge < -0.3 is 19.5 Å². The van der Waals surface area contributed by atoms with E-state index in [-0.39, 0.29) is 12.1 Å². The number of nitrogens with zero attached hydrogens (tertiary/aromatic N) is 2. The fraction of sp³-hybridized carbons (Fsp3) is 0.310. The van der Waals surface area contributed by atoms with E-state index in [4.69, 9.17) is 9.72 Å². The Morgan fingerprint density at radius 1 is 0.971 bits per heavy atom. The molecule has 0 spiro atoms. The van der Waals surface area contributed by atoms with Gasteiger partial charge in [0.2, 0.25) is 0 Å². The third-order valence-corrected chi connectivity index (χ3v) is 7.69. The number of nitrogens with one attached hydrogen (secondary N) is 2. The molecule has 4 heterocycles. The molecule has 3 aromatic carbocycles. The van der Waals surface area contributed by atoms with Gasteiger partial charge in [0.1, 0.15) is 13.1 Å².